The summed E-state index contributed by atoms with van der Waals surface area (Å²) < 4.78 is 2.23. The van der Waals surface area contributed by atoms with E-state index >= 15 is 0 Å². The van der Waals surface area contributed by atoms with E-state index in [0.29, 0.717) is 29.8 Å². The lowest BCUT2D eigenvalue weighted by Crippen LogP contribution is -2.32. The lowest BCUT2D eigenvalue weighted by molar-refractivity contribution is 0.267. The van der Waals surface area contributed by atoms with Crippen LogP contribution in [0.2, 0.25) is 0 Å². The van der Waals surface area contributed by atoms with Crippen LogP contribution in [0.4, 0.5) is 11.8 Å². The van der Waals surface area contributed by atoms with Crippen molar-refractivity contribution in [2.24, 2.45) is 28.6 Å². The summed E-state index contributed by atoms with van der Waals surface area (Å²) in [6, 6.07) is 0.251. The fourth-order valence-corrected chi connectivity index (χ4v) is 5.38. The van der Waals surface area contributed by atoms with E-state index in [1.54, 1.807) is 0 Å². The van der Waals surface area contributed by atoms with Gasteiger partial charge in [-0.1, -0.05) is 31.3 Å². The third kappa shape index (κ3) is 4.96. The number of fused-ring (bicyclic) bond motifs is 1. The SMILES string of the molecule is Cc1[nH]ncc1CNc1nc2nc(/C(N)=N/O)nc(N[C@H](C)C3CCC3)c2n1CC1CCC(C)CC1. The quantitative estimate of drug-likeness (QED) is 0.129. The summed E-state index contributed by atoms with van der Waals surface area (Å²) in [6.07, 6.45) is 10.4. The molecular weight excluding hydrogens is 456 g/mol. The smallest absolute Gasteiger partial charge is 0.208 e. The number of aromatic amines is 1. The number of rotatable bonds is 9. The van der Waals surface area contributed by atoms with Gasteiger partial charge in [0.05, 0.1) is 6.20 Å². The first-order chi connectivity index (χ1) is 17.4. The fraction of sp³-hybridized carbons (Fsp3) is 0.640. The van der Waals surface area contributed by atoms with E-state index in [0.717, 1.165) is 35.2 Å². The first-order valence-corrected chi connectivity index (χ1v) is 13.2. The zero-order valence-electron chi connectivity index (χ0n) is 21.5. The predicted molar refractivity (Wildman–Crippen MR) is 140 cm³/mol. The second kappa shape index (κ2) is 10.3. The highest BCUT2D eigenvalue weighted by Gasteiger charge is 2.28. The van der Waals surface area contributed by atoms with Crippen molar-refractivity contribution in [1.82, 2.24) is 29.7 Å². The van der Waals surface area contributed by atoms with Gasteiger partial charge in [0.2, 0.25) is 17.6 Å². The third-order valence-corrected chi connectivity index (χ3v) is 8.11. The molecule has 11 heteroatoms. The van der Waals surface area contributed by atoms with Gasteiger partial charge in [0, 0.05) is 30.4 Å². The molecule has 0 amide bonds. The molecular formula is C25H38N10O. The first kappa shape index (κ1) is 24.3. The predicted octanol–water partition coefficient (Wildman–Crippen LogP) is 3.99. The van der Waals surface area contributed by atoms with Crippen LogP contribution < -0.4 is 16.4 Å². The van der Waals surface area contributed by atoms with Crippen LogP contribution in [0.25, 0.3) is 11.2 Å². The Morgan fingerprint density at radius 2 is 2.00 bits per heavy atom. The largest absolute Gasteiger partial charge is 0.409 e. The Labute approximate surface area is 211 Å². The average molecular weight is 495 g/mol. The molecule has 194 valence electrons. The van der Waals surface area contributed by atoms with Crippen molar-refractivity contribution in [3.05, 3.63) is 23.3 Å². The highest BCUT2D eigenvalue weighted by molar-refractivity contribution is 5.97. The zero-order chi connectivity index (χ0) is 25.2. The number of anilines is 2. The van der Waals surface area contributed by atoms with Gasteiger partial charge in [-0.2, -0.15) is 10.1 Å². The molecule has 3 aromatic rings. The Hall–Kier alpha value is -3.37. The minimum atomic E-state index is -0.129. The van der Waals surface area contributed by atoms with E-state index in [2.05, 4.69) is 49.4 Å². The minimum Gasteiger partial charge on any atom is -0.409 e. The van der Waals surface area contributed by atoms with Crippen LogP contribution in [0.3, 0.4) is 0 Å². The minimum absolute atomic E-state index is 0.129. The molecule has 36 heavy (non-hydrogen) atoms. The molecule has 2 saturated carbocycles. The molecule has 5 rings (SSSR count). The molecule has 2 aliphatic carbocycles. The standard InChI is InChI=1S/C25H38N10O/c1-14-7-9-17(10-8-14)13-35-20-22(29-15(2)18-5-4-6-18)30-24(21(26)34-36)31-23(20)32-25(35)27-11-19-12-28-33-16(19)3/h12,14-15,17-18,36H,4-11,13H2,1-3H3,(H2,26,34)(H,28,33)(H2,27,29,30,31,32)/t14?,15-,17?/m1/s1. The molecule has 3 heterocycles. The van der Waals surface area contributed by atoms with Crippen molar-refractivity contribution in [2.45, 2.75) is 84.8 Å². The molecule has 0 aliphatic heterocycles. The maximum atomic E-state index is 9.30. The normalized spacial score (nSPS) is 21.9. The zero-order valence-corrected chi connectivity index (χ0v) is 21.5. The van der Waals surface area contributed by atoms with Gasteiger partial charge in [-0.3, -0.25) is 5.10 Å². The van der Waals surface area contributed by atoms with E-state index < -0.39 is 0 Å². The number of amidine groups is 1. The number of nitrogens with zero attached hydrogens (tertiary/aromatic N) is 6. The van der Waals surface area contributed by atoms with Crippen molar-refractivity contribution in [3.63, 3.8) is 0 Å². The molecule has 0 radical (unpaired) electrons. The Morgan fingerprint density at radius 1 is 1.22 bits per heavy atom. The van der Waals surface area contributed by atoms with Crippen LogP contribution in [0, 0.1) is 24.7 Å². The van der Waals surface area contributed by atoms with Crippen LogP contribution in [0.15, 0.2) is 11.4 Å². The van der Waals surface area contributed by atoms with E-state index in [1.807, 2.05) is 13.1 Å². The summed E-state index contributed by atoms with van der Waals surface area (Å²) in [5.74, 6) is 3.43. The van der Waals surface area contributed by atoms with Gasteiger partial charge in [0.1, 0.15) is 5.52 Å². The number of nitrogens with one attached hydrogen (secondary N) is 3. The van der Waals surface area contributed by atoms with Crippen LogP contribution in [-0.4, -0.2) is 46.8 Å². The summed E-state index contributed by atoms with van der Waals surface area (Å²) >= 11 is 0. The number of oxime groups is 1. The maximum absolute atomic E-state index is 9.30. The monoisotopic (exact) mass is 494 g/mol. The van der Waals surface area contributed by atoms with E-state index in [9.17, 15) is 5.21 Å². The van der Waals surface area contributed by atoms with Gasteiger partial charge >= 0.3 is 0 Å². The Balaban J connectivity index is 1.56. The molecule has 3 aromatic heterocycles. The van der Waals surface area contributed by atoms with Crippen molar-refractivity contribution >= 4 is 28.8 Å². The molecule has 0 saturated heterocycles. The molecule has 0 bridgehead atoms. The Morgan fingerprint density at radius 3 is 2.64 bits per heavy atom. The van der Waals surface area contributed by atoms with Crippen molar-refractivity contribution in [3.8, 4) is 0 Å². The number of aryl methyl sites for hydroxylation is 1. The molecule has 2 fully saturated rings. The fourth-order valence-electron chi connectivity index (χ4n) is 5.38. The molecule has 6 N–H and O–H groups in total. The molecule has 0 spiro atoms. The first-order valence-electron chi connectivity index (χ1n) is 13.2. The van der Waals surface area contributed by atoms with Gasteiger partial charge in [0.25, 0.3) is 0 Å². The van der Waals surface area contributed by atoms with E-state index in [1.165, 1.54) is 44.9 Å². The number of hydrogen-bond acceptors (Lipinski definition) is 8. The van der Waals surface area contributed by atoms with Gasteiger partial charge in [-0.15, -0.1) is 0 Å². The molecule has 1 atom stereocenters. The number of hydrogen-bond donors (Lipinski definition) is 5. The second-order valence-corrected chi connectivity index (χ2v) is 10.7. The van der Waals surface area contributed by atoms with Gasteiger partial charge in [-0.05, 0) is 57.3 Å². The topological polar surface area (TPSA) is 155 Å². The number of imidazole rings is 1. The van der Waals surface area contributed by atoms with Crippen LogP contribution in [0.1, 0.15) is 75.9 Å². The second-order valence-electron chi connectivity index (χ2n) is 10.7. The number of H-pyrrole nitrogens is 1. The molecule has 0 unspecified atom stereocenters. The van der Waals surface area contributed by atoms with Crippen LogP contribution >= 0.6 is 0 Å². The van der Waals surface area contributed by atoms with Gasteiger partial charge in [0.15, 0.2) is 11.5 Å². The summed E-state index contributed by atoms with van der Waals surface area (Å²) in [5, 5.41) is 26.7. The lowest BCUT2D eigenvalue weighted by Gasteiger charge is -2.32. The van der Waals surface area contributed by atoms with Gasteiger partial charge in [-0.25, -0.2) is 9.97 Å². The summed E-state index contributed by atoms with van der Waals surface area (Å²) in [5.41, 5.74) is 9.42. The highest BCUT2D eigenvalue weighted by Crippen LogP contribution is 2.35. The number of nitrogens with two attached hydrogens (primary N) is 1. The van der Waals surface area contributed by atoms with Crippen LogP contribution in [-0.2, 0) is 13.1 Å². The maximum Gasteiger partial charge on any atom is 0.208 e. The average Bonchev–Trinajstić information content (AvgIpc) is 3.40. The van der Waals surface area contributed by atoms with Crippen molar-refractivity contribution < 1.29 is 5.21 Å². The van der Waals surface area contributed by atoms with Crippen molar-refractivity contribution in [2.75, 3.05) is 10.6 Å². The highest BCUT2D eigenvalue weighted by atomic mass is 16.4. The Bertz CT molecular complexity index is 1220. The summed E-state index contributed by atoms with van der Waals surface area (Å²) in [6.45, 7) is 7.99. The Kier molecular flexibility index (Phi) is 6.97. The number of aromatic nitrogens is 6. The molecule has 0 aromatic carbocycles. The summed E-state index contributed by atoms with van der Waals surface area (Å²) in [4.78, 5) is 14.2. The summed E-state index contributed by atoms with van der Waals surface area (Å²) in [7, 11) is 0. The van der Waals surface area contributed by atoms with E-state index in [-0.39, 0.29) is 17.7 Å². The lowest BCUT2D eigenvalue weighted by atomic mass is 9.80. The van der Waals surface area contributed by atoms with Crippen LogP contribution in [0.5, 0.6) is 0 Å². The van der Waals surface area contributed by atoms with Crippen molar-refractivity contribution in [1.29, 1.82) is 0 Å². The van der Waals surface area contributed by atoms with Gasteiger partial charge < -0.3 is 26.1 Å². The molecule has 2 aliphatic rings. The van der Waals surface area contributed by atoms with E-state index in [4.69, 9.17) is 15.7 Å². The third-order valence-electron chi connectivity index (χ3n) is 8.11. The molecule has 11 nitrogen and oxygen atoms in total.